The molecule has 222 valence electrons. The largest absolute Gasteiger partial charge is 0.379 e. The third-order valence-corrected chi connectivity index (χ3v) is 9.78. The molecule has 4 saturated heterocycles. The van der Waals surface area contributed by atoms with E-state index in [1.54, 1.807) is 19.6 Å². The Hall–Kier alpha value is -2.26. The van der Waals surface area contributed by atoms with E-state index in [9.17, 15) is 9.59 Å². The highest BCUT2D eigenvalue weighted by Crippen LogP contribution is 2.29. The molecule has 0 spiro atoms. The first kappa shape index (κ1) is 30.2. The van der Waals surface area contributed by atoms with E-state index < -0.39 is 0 Å². The van der Waals surface area contributed by atoms with Crippen LogP contribution in [0, 0.1) is 0 Å². The first-order valence-corrected chi connectivity index (χ1v) is 15.8. The number of carbonyl (C=O) groups is 2. The lowest BCUT2D eigenvalue weighted by atomic mass is 10.3. The molecule has 4 aliphatic rings. The molecule has 4 fully saturated rings. The number of thiophene rings is 1. The summed E-state index contributed by atoms with van der Waals surface area (Å²) in [6, 6.07) is 3.93. The molecular formula is C28H38N6O4S3. The number of likely N-dealkylation sites (N-methyl/N-ethyl adjacent to an activating group) is 2. The molecule has 5 heterocycles. The Labute approximate surface area is 256 Å². The maximum absolute atomic E-state index is 13.3. The van der Waals surface area contributed by atoms with Gasteiger partial charge in [0.2, 0.25) is 0 Å². The molecule has 4 aliphatic heterocycles. The summed E-state index contributed by atoms with van der Waals surface area (Å²) in [5, 5.41) is 1.06. The Balaban J connectivity index is 1.19. The van der Waals surface area contributed by atoms with Gasteiger partial charge >= 0.3 is 0 Å². The van der Waals surface area contributed by atoms with Crippen molar-refractivity contribution in [1.29, 1.82) is 0 Å². The van der Waals surface area contributed by atoms with Gasteiger partial charge < -0.3 is 19.3 Å². The maximum atomic E-state index is 13.3. The number of hydrogen-bond donors (Lipinski definition) is 0. The zero-order chi connectivity index (χ0) is 28.9. The summed E-state index contributed by atoms with van der Waals surface area (Å²) >= 11 is 12.7. The third-order valence-electron chi connectivity index (χ3n) is 7.81. The number of amides is 2. The molecule has 41 heavy (non-hydrogen) atoms. The smallest absolute Gasteiger partial charge is 0.276 e. The van der Waals surface area contributed by atoms with Crippen molar-refractivity contribution in [1.82, 2.24) is 29.4 Å². The van der Waals surface area contributed by atoms with Gasteiger partial charge in [-0.2, -0.15) is 0 Å². The highest BCUT2D eigenvalue weighted by molar-refractivity contribution is 7.80. The van der Waals surface area contributed by atoms with Gasteiger partial charge in [0, 0.05) is 76.2 Å². The Morgan fingerprint density at radius 2 is 1.10 bits per heavy atom. The molecule has 0 unspecified atom stereocenters. The minimum atomic E-state index is -0.0726. The van der Waals surface area contributed by atoms with Gasteiger partial charge in [-0.05, 0) is 61.6 Å². The fourth-order valence-corrected chi connectivity index (χ4v) is 6.79. The van der Waals surface area contributed by atoms with Gasteiger partial charge in [-0.3, -0.25) is 29.2 Å². The van der Waals surface area contributed by atoms with Gasteiger partial charge in [0.05, 0.1) is 26.4 Å². The number of rotatable bonds is 10. The fraction of sp³-hybridized carbons (Fsp3) is 0.571. The van der Waals surface area contributed by atoms with Crippen molar-refractivity contribution in [3.05, 3.63) is 33.3 Å². The summed E-state index contributed by atoms with van der Waals surface area (Å²) in [7, 11) is 3.68. The summed E-state index contributed by atoms with van der Waals surface area (Å²) in [6.45, 7) is 9.81. The summed E-state index contributed by atoms with van der Waals surface area (Å²) in [6.07, 6.45) is 5.48. The normalized spacial score (nSPS) is 23.4. The highest BCUT2D eigenvalue weighted by Gasteiger charge is 2.36. The molecule has 10 nitrogen and oxygen atoms in total. The fourth-order valence-electron chi connectivity index (χ4n) is 5.36. The van der Waals surface area contributed by atoms with Gasteiger partial charge in [-0.15, -0.1) is 11.3 Å². The number of hydrogen-bond acceptors (Lipinski definition) is 9. The first-order chi connectivity index (χ1) is 19.8. The SMILES string of the molecule is CN1C(=S)N(CCCN2CCOCC2)C(=O)/C1=C/c1ccc(/C=C2\C(=O)N(CCCN3CCOCC3)C(=S)N2C)s1. The quantitative estimate of drug-likeness (QED) is 0.287. The monoisotopic (exact) mass is 618 g/mol. The van der Waals surface area contributed by atoms with Gasteiger partial charge in [0.15, 0.2) is 10.2 Å². The average molecular weight is 619 g/mol. The van der Waals surface area contributed by atoms with Gasteiger partial charge in [-0.1, -0.05) is 0 Å². The third kappa shape index (κ3) is 7.04. The van der Waals surface area contributed by atoms with E-state index in [0.717, 1.165) is 88.3 Å². The second kappa shape index (κ2) is 13.8. The average Bonchev–Trinajstić information content (AvgIpc) is 3.58. The summed E-state index contributed by atoms with van der Waals surface area (Å²) in [4.78, 5) is 40.0. The van der Waals surface area contributed by atoms with Gasteiger partial charge in [0.1, 0.15) is 11.4 Å². The van der Waals surface area contributed by atoms with Crippen LogP contribution in [0.1, 0.15) is 22.6 Å². The molecule has 0 saturated carbocycles. The molecule has 1 aromatic heterocycles. The lowest BCUT2D eigenvalue weighted by Crippen LogP contribution is -2.39. The molecule has 2 amide bonds. The number of morpholine rings is 2. The number of ether oxygens (including phenoxy) is 2. The predicted octanol–water partition coefficient (Wildman–Crippen LogP) is 1.99. The number of nitrogens with zero attached hydrogens (tertiary/aromatic N) is 6. The minimum Gasteiger partial charge on any atom is -0.379 e. The van der Waals surface area contributed by atoms with Crippen LogP contribution in [0.3, 0.4) is 0 Å². The van der Waals surface area contributed by atoms with Crippen LogP contribution in [0.25, 0.3) is 12.2 Å². The van der Waals surface area contributed by atoms with Crippen LogP contribution in [0.5, 0.6) is 0 Å². The zero-order valence-corrected chi connectivity index (χ0v) is 26.2. The van der Waals surface area contributed by atoms with E-state index >= 15 is 0 Å². The molecule has 1 aromatic rings. The van der Waals surface area contributed by atoms with Crippen LogP contribution in [0.4, 0.5) is 0 Å². The van der Waals surface area contributed by atoms with Gasteiger partial charge in [-0.25, -0.2) is 0 Å². The van der Waals surface area contributed by atoms with E-state index in [-0.39, 0.29) is 11.8 Å². The Bertz CT molecular complexity index is 1130. The van der Waals surface area contributed by atoms with Crippen molar-refractivity contribution >= 4 is 70.0 Å². The molecule has 5 rings (SSSR count). The molecule has 0 radical (unpaired) electrons. The first-order valence-electron chi connectivity index (χ1n) is 14.2. The molecular weight excluding hydrogens is 581 g/mol. The van der Waals surface area contributed by atoms with E-state index in [1.807, 2.05) is 38.4 Å². The summed E-state index contributed by atoms with van der Waals surface area (Å²) in [5.74, 6) is -0.145. The number of thiocarbonyl (C=S) groups is 2. The summed E-state index contributed by atoms with van der Waals surface area (Å²) in [5.41, 5.74) is 1.12. The van der Waals surface area contributed by atoms with Crippen molar-refractivity contribution in [2.45, 2.75) is 12.8 Å². The second-order valence-corrected chi connectivity index (χ2v) is 12.4. The van der Waals surface area contributed by atoms with Crippen LogP contribution in [-0.2, 0) is 19.1 Å². The second-order valence-electron chi connectivity index (χ2n) is 10.5. The van der Waals surface area contributed by atoms with Crippen LogP contribution < -0.4 is 0 Å². The van der Waals surface area contributed by atoms with E-state index in [4.69, 9.17) is 33.9 Å². The van der Waals surface area contributed by atoms with Crippen LogP contribution >= 0.6 is 35.8 Å². The van der Waals surface area contributed by atoms with Crippen molar-refractivity contribution in [2.24, 2.45) is 0 Å². The minimum absolute atomic E-state index is 0.0726. The molecule has 0 aliphatic carbocycles. The van der Waals surface area contributed by atoms with Crippen LogP contribution in [0.2, 0.25) is 0 Å². The Morgan fingerprint density at radius 3 is 1.49 bits per heavy atom. The molecule has 0 bridgehead atoms. The topological polar surface area (TPSA) is 72.0 Å². The summed E-state index contributed by atoms with van der Waals surface area (Å²) < 4.78 is 10.8. The standard InChI is InChI=1S/C28H38N6O4S3/c1-29-23(25(35)33(27(29)39)9-3-7-31-11-15-37-16-12-31)19-21-5-6-22(41-21)20-24-26(36)34(28(40)30(24)2)10-4-8-32-13-17-38-18-14-32/h5-6,19-20H,3-4,7-18H2,1-2H3/b23-19-,24-20+. The van der Waals surface area contributed by atoms with Crippen molar-refractivity contribution in [3.8, 4) is 0 Å². The van der Waals surface area contributed by atoms with Crippen LogP contribution in [-0.4, -0.2) is 144 Å². The lowest BCUT2D eigenvalue weighted by Gasteiger charge is -2.27. The Morgan fingerprint density at radius 1 is 0.707 bits per heavy atom. The molecule has 0 aromatic carbocycles. The van der Waals surface area contributed by atoms with E-state index in [0.29, 0.717) is 34.7 Å². The van der Waals surface area contributed by atoms with E-state index in [1.165, 1.54) is 11.3 Å². The van der Waals surface area contributed by atoms with Crippen molar-refractivity contribution in [3.63, 3.8) is 0 Å². The molecule has 0 atom stereocenters. The van der Waals surface area contributed by atoms with Crippen LogP contribution in [0.15, 0.2) is 23.5 Å². The van der Waals surface area contributed by atoms with E-state index in [2.05, 4.69) is 9.80 Å². The highest BCUT2D eigenvalue weighted by atomic mass is 32.1. The van der Waals surface area contributed by atoms with Gasteiger partial charge in [0.25, 0.3) is 11.8 Å². The number of carbonyl (C=O) groups excluding carboxylic acids is 2. The van der Waals surface area contributed by atoms with Crippen molar-refractivity contribution in [2.75, 3.05) is 92.9 Å². The van der Waals surface area contributed by atoms with Crippen molar-refractivity contribution < 1.29 is 19.1 Å². The molecule has 0 N–H and O–H groups in total. The maximum Gasteiger partial charge on any atom is 0.276 e. The predicted molar refractivity (Wildman–Crippen MR) is 168 cm³/mol. The lowest BCUT2D eigenvalue weighted by molar-refractivity contribution is -0.123. The molecule has 13 heteroatoms. The zero-order valence-electron chi connectivity index (χ0n) is 23.7. The Kier molecular flexibility index (Phi) is 10.2.